The normalized spacial score (nSPS) is 33.2. The fraction of sp³-hybridized carbons (Fsp3) is 0.562. The summed E-state index contributed by atoms with van der Waals surface area (Å²) < 4.78 is 10.7. The summed E-state index contributed by atoms with van der Waals surface area (Å²) in [4.78, 5) is 5.04. The highest BCUT2D eigenvalue weighted by Crippen LogP contribution is 2.29. The number of anilines is 1. The number of nitrogens with one attached hydrogen (secondary N) is 5. The van der Waals surface area contributed by atoms with Crippen molar-refractivity contribution in [1.29, 1.82) is 0 Å². The van der Waals surface area contributed by atoms with Gasteiger partial charge in [-0.25, -0.2) is 14.7 Å². The van der Waals surface area contributed by atoms with Crippen molar-refractivity contribution >= 4 is 23.0 Å². The molecular weight excluding hydrogens is 326 g/mol. The van der Waals surface area contributed by atoms with Crippen molar-refractivity contribution in [3.63, 3.8) is 0 Å². The van der Waals surface area contributed by atoms with E-state index in [1.165, 1.54) is 20.0 Å². The highest BCUT2D eigenvalue weighted by molar-refractivity contribution is 7.80. The third-order valence-electron chi connectivity index (χ3n) is 5.30. The van der Waals surface area contributed by atoms with E-state index in [0.29, 0.717) is 5.11 Å². The van der Waals surface area contributed by atoms with E-state index in [2.05, 4.69) is 10.6 Å². The quantitative estimate of drug-likeness (QED) is 0.361. The van der Waals surface area contributed by atoms with Crippen LogP contribution in [0.3, 0.4) is 0 Å². The number of rotatable bonds is 4. The lowest BCUT2D eigenvalue weighted by molar-refractivity contribution is -1.29. The molecule has 24 heavy (non-hydrogen) atoms. The maximum Gasteiger partial charge on any atom is 0.213 e. The smallest absolute Gasteiger partial charge is 0.213 e. The zero-order valence-corrected chi connectivity index (χ0v) is 15.0. The SMILES string of the molecule is COc1ccc(NC(=S)NC23C[NH+]4C[NH+](C[NH+](C4)C2)C3)c(OC)c1. The first-order chi connectivity index (χ1) is 11.6. The minimum Gasteiger partial charge on any atom is -0.497 e. The van der Waals surface area contributed by atoms with Crippen LogP contribution in [-0.2, 0) is 0 Å². The zero-order valence-electron chi connectivity index (χ0n) is 14.2. The van der Waals surface area contributed by atoms with Gasteiger partial charge in [0, 0.05) is 6.07 Å². The van der Waals surface area contributed by atoms with Gasteiger partial charge in [0.15, 0.2) is 10.7 Å². The van der Waals surface area contributed by atoms with Gasteiger partial charge in [-0.1, -0.05) is 0 Å². The summed E-state index contributed by atoms with van der Waals surface area (Å²) in [6.07, 6.45) is 0. The van der Waals surface area contributed by atoms with Crippen molar-refractivity contribution < 1.29 is 24.2 Å². The number of hydrogen-bond donors (Lipinski definition) is 5. The molecule has 0 aliphatic carbocycles. The van der Waals surface area contributed by atoms with Crippen LogP contribution in [0.1, 0.15) is 0 Å². The topological polar surface area (TPSA) is 55.8 Å². The summed E-state index contributed by atoms with van der Waals surface area (Å²) in [6.45, 7) is 7.21. The molecule has 4 fully saturated rings. The van der Waals surface area contributed by atoms with Crippen LogP contribution in [0.4, 0.5) is 5.69 Å². The van der Waals surface area contributed by atoms with E-state index in [0.717, 1.165) is 36.8 Å². The van der Waals surface area contributed by atoms with Crippen molar-refractivity contribution in [3.8, 4) is 11.5 Å². The number of ether oxygens (including phenoxy) is 2. The van der Waals surface area contributed by atoms with Crippen LogP contribution in [0.5, 0.6) is 11.5 Å². The van der Waals surface area contributed by atoms with E-state index in [9.17, 15) is 0 Å². The van der Waals surface area contributed by atoms with E-state index in [1.807, 2.05) is 18.2 Å². The van der Waals surface area contributed by atoms with Gasteiger partial charge in [-0.05, 0) is 24.4 Å². The van der Waals surface area contributed by atoms with Gasteiger partial charge in [0.2, 0.25) is 20.0 Å². The number of thiocarbonyl (C=S) groups is 1. The monoisotopic (exact) mass is 352 g/mol. The van der Waals surface area contributed by atoms with Crippen molar-refractivity contribution in [3.05, 3.63) is 18.2 Å². The predicted octanol–water partition coefficient (Wildman–Crippen LogP) is -3.70. The maximum atomic E-state index is 5.60. The number of hydrogen-bond acceptors (Lipinski definition) is 3. The van der Waals surface area contributed by atoms with Crippen molar-refractivity contribution in [1.82, 2.24) is 5.32 Å². The summed E-state index contributed by atoms with van der Waals surface area (Å²) in [7, 11) is 3.30. The first kappa shape index (κ1) is 15.9. The van der Waals surface area contributed by atoms with Crippen molar-refractivity contribution in [2.75, 3.05) is 59.2 Å². The summed E-state index contributed by atoms with van der Waals surface area (Å²) in [6, 6.07) is 5.69. The minimum absolute atomic E-state index is 0.110. The van der Waals surface area contributed by atoms with Crippen molar-refractivity contribution in [2.24, 2.45) is 0 Å². The van der Waals surface area contributed by atoms with E-state index < -0.39 is 0 Å². The second kappa shape index (κ2) is 6.03. The Morgan fingerprint density at radius 3 is 2.21 bits per heavy atom. The highest BCUT2D eigenvalue weighted by Gasteiger charge is 2.57. The first-order valence-electron chi connectivity index (χ1n) is 8.41. The molecule has 4 bridgehead atoms. The lowest BCUT2D eigenvalue weighted by Crippen LogP contribution is -3.56. The van der Waals surface area contributed by atoms with Gasteiger partial charge in [-0.3, -0.25) is 0 Å². The minimum atomic E-state index is 0.110. The van der Waals surface area contributed by atoms with Gasteiger partial charge in [0.05, 0.1) is 19.9 Å². The molecule has 7 nitrogen and oxygen atoms in total. The summed E-state index contributed by atoms with van der Waals surface area (Å²) >= 11 is 5.60. The van der Waals surface area contributed by atoms with Crippen LogP contribution in [0, 0.1) is 0 Å². The van der Waals surface area contributed by atoms with Gasteiger partial charge < -0.3 is 20.1 Å². The molecule has 130 valence electrons. The molecule has 0 spiro atoms. The van der Waals surface area contributed by atoms with E-state index in [-0.39, 0.29) is 5.54 Å². The Labute approximate surface area is 147 Å². The van der Waals surface area contributed by atoms with Crippen LogP contribution in [-0.4, -0.2) is 64.5 Å². The number of quaternary nitrogens is 3. The lowest BCUT2D eigenvalue weighted by atomic mass is 9.91. The highest BCUT2D eigenvalue weighted by atomic mass is 32.1. The third kappa shape index (κ3) is 2.90. The average Bonchev–Trinajstić information content (AvgIpc) is 2.53. The molecular formula is C16H26N5O2S+3. The second-order valence-electron chi connectivity index (χ2n) is 7.24. The molecule has 4 heterocycles. The molecule has 0 atom stereocenters. The molecule has 0 saturated carbocycles. The zero-order chi connectivity index (χ0) is 16.7. The molecule has 0 aromatic heterocycles. The second-order valence-corrected chi connectivity index (χ2v) is 7.64. The first-order valence-corrected chi connectivity index (χ1v) is 8.82. The maximum absolute atomic E-state index is 5.60. The predicted molar refractivity (Wildman–Crippen MR) is 93.7 cm³/mol. The third-order valence-corrected chi connectivity index (χ3v) is 5.50. The molecule has 0 unspecified atom stereocenters. The van der Waals surface area contributed by atoms with Crippen LogP contribution in [0.25, 0.3) is 0 Å². The van der Waals surface area contributed by atoms with Gasteiger partial charge in [-0.15, -0.1) is 0 Å². The average molecular weight is 352 g/mol. The van der Waals surface area contributed by atoms with E-state index >= 15 is 0 Å². The van der Waals surface area contributed by atoms with Crippen LogP contribution in [0.2, 0.25) is 0 Å². The Balaban J connectivity index is 1.46. The molecule has 5 rings (SSSR count). The van der Waals surface area contributed by atoms with Gasteiger partial charge in [0.1, 0.15) is 31.1 Å². The summed E-state index contributed by atoms with van der Waals surface area (Å²) in [5.41, 5.74) is 0.965. The molecule has 0 radical (unpaired) electrons. The Kier molecular flexibility index (Phi) is 4.00. The molecule has 1 aromatic rings. The molecule has 0 amide bonds. The van der Waals surface area contributed by atoms with Crippen LogP contribution < -0.4 is 34.8 Å². The van der Waals surface area contributed by atoms with Gasteiger partial charge in [0.25, 0.3) is 0 Å². The molecule has 5 N–H and O–H groups in total. The summed E-state index contributed by atoms with van der Waals surface area (Å²) in [5, 5.41) is 7.59. The Morgan fingerprint density at radius 2 is 1.67 bits per heavy atom. The molecule has 1 aromatic carbocycles. The molecule has 4 saturated heterocycles. The number of methoxy groups -OCH3 is 2. The number of benzene rings is 1. The van der Waals surface area contributed by atoms with E-state index in [1.54, 1.807) is 28.9 Å². The fourth-order valence-corrected chi connectivity index (χ4v) is 5.00. The van der Waals surface area contributed by atoms with Crippen LogP contribution >= 0.6 is 12.2 Å². The van der Waals surface area contributed by atoms with Gasteiger partial charge in [-0.2, -0.15) is 0 Å². The fourth-order valence-electron chi connectivity index (χ4n) is 4.68. The molecule has 4 aliphatic rings. The van der Waals surface area contributed by atoms with Crippen LogP contribution in [0.15, 0.2) is 18.2 Å². The standard InChI is InChI=1S/C16H23N5O2S/c1-22-12-3-4-13(14(5-12)23-2)17-15(24)18-16-6-19-9-20(7-16)11-21(8-16)10-19/h3-5H,6-11H2,1-2H3,(H2,17,18,24)/p+3. The Bertz CT molecular complexity index is 618. The van der Waals surface area contributed by atoms with Crippen molar-refractivity contribution in [2.45, 2.75) is 5.54 Å². The van der Waals surface area contributed by atoms with Gasteiger partial charge >= 0.3 is 0 Å². The Hall–Kier alpha value is -1.61. The lowest BCUT2D eigenvalue weighted by Gasteiger charge is -2.52. The Morgan fingerprint density at radius 1 is 1.04 bits per heavy atom. The summed E-state index contributed by atoms with van der Waals surface area (Å²) in [5.74, 6) is 1.49. The largest absolute Gasteiger partial charge is 0.497 e. The molecule has 4 aliphatic heterocycles. The molecule has 8 heteroatoms. The van der Waals surface area contributed by atoms with E-state index in [4.69, 9.17) is 21.7 Å².